The first kappa shape index (κ1) is 23.8. The van der Waals surface area contributed by atoms with E-state index in [1.165, 1.54) is 38.1 Å². The Bertz CT molecular complexity index is 1150. The van der Waals surface area contributed by atoms with Crippen LogP contribution in [0.5, 0.6) is 5.75 Å². The summed E-state index contributed by atoms with van der Waals surface area (Å²) < 4.78 is 31.3. The fourth-order valence-electron chi connectivity index (χ4n) is 2.87. The number of benzene rings is 2. The third kappa shape index (κ3) is 5.67. The first-order chi connectivity index (χ1) is 15.3. The Morgan fingerprint density at radius 1 is 1.06 bits per heavy atom. The number of anilines is 1. The van der Waals surface area contributed by atoms with Crippen LogP contribution in [0.25, 0.3) is 0 Å². The van der Waals surface area contributed by atoms with Crippen molar-refractivity contribution in [2.45, 2.75) is 22.1 Å². The number of carbonyl (C=O) groups excluding carboxylic acids is 1. The molecule has 0 saturated carbocycles. The van der Waals surface area contributed by atoms with Crippen LogP contribution in [-0.2, 0) is 14.8 Å². The van der Waals surface area contributed by atoms with E-state index in [0.29, 0.717) is 23.1 Å². The number of sulfonamides is 1. The summed E-state index contributed by atoms with van der Waals surface area (Å²) in [6, 6.07) is 19.7. The maximum absolute atomic E-state index is 13.3. The first-order valence-corrected chi connectivity index (χ1v) is 12.3. The zero-order valence-corrected chi connectivity index (χ0v) is 19.7. The fraction of sp³-hybridized carbons (Fsp3) is 0.217. The second kappa shape index (κ2) is 10.6. The number of para-hydroxylation sites is 2. The molecule has 168 valence electrons. The summed E-state index contributed by atoms with van der Waals surface area (Å²) in [6.07, 6.45) is 1.31. The van der Waals surface area contributed by atoms with Crippen molar-refractivity contribution < 1.29 is 17.9 Å². The van der Waals surface area contributed by atoms with Crippen LogP contribution in [0.2, 0.25) is 0 Å². The minimum atomic E-state index is -3.57. The van der Waals surface area contributed by atoms with Crippen molar-refractivity contribution in [1.29, 1.82) is 0 Å². The van der Waals surface area contributed by atoms with Crippen LogP contribution in [0, 0.1) is 0 Å². The number of thioether (sulfide) groups is 1. The van der Waals surface area contributed by atoms with Crippen molar-refractivity contribution in [2.75, 3.05) is 26.0 Å². The van der Waals surface area contributed by atoms with E-state index in [0.717, 1.165) is 9.87 Å². The number of pyridine rings is 1. The Kier molecular flexibility index (Phi) is 7.89. The molecule has 1 aromatic heterocycles. The van der Waals surface area contributed by atoms with Crippen molar-refractivity contribution in [2.24, 2.45) is 0 Å². The van der Waals surface area contributed by atoms with E-state index in [4.69, 9.17) is 4.74 Å². The molecule has 0 aliphatic rings. The monoisotopic (exact) mass is 471 g/mol. The van der Waals surface area contributed by atoms with Gasteiger partial charge in [-0.1, -0.05) is 54.2 Å². The van der Waals surface area contributed by atoms with Gasteiger partial charge in [0.1, 0.15) is 15.9 Å². The Morgan fingerprint density at radius 2 is 1.75 bits per heavy atom. The first-order valence-electron chi connectivity index (χ1n) is 9.95. The van der Waals surface area contributed by atoms with Gasteiger partial charge in [0.05, 0.1) is 17.3 Å². The number of aromatic nitrogens is 1. The van der Waals surface area contributed by atoms with Crippen LogP contribution in [0.15, 0.2) is 82.8 Å². The van der Waals surface area contributed by atoms with Crippen molar-refractivity contribution in [3.8, 4) is 5.75 Å². The summed E-state index contributed by atoms with van der Waals surface area (Å²) in [5.41, 5.74) is 1.39. The van der Waals surface area contributed by atoms with Gasteiger partial charge in [-0.25, -0.2) is 17.7 Å². The number of carbonyl (C=O) groups is 1. The molecule has 0 saturated heterocycles. The fourth-order valence-corrected chi connectivity index (χ4v) is 4.68. The Morgan fingerprint density at radius 3 is 2.38 bits per heavy atom. The van der Waals surface area contributed by atoms with E-state index >= 15 is 0 Å². The molecule has 0 aliphatic heterocycles. The van der Waals surface area contributed by atoms with Gasteiger partial charge in [0.25, 0.3) is 0 Å². The average Bonchev–Trinajstić information content (AvgIpc) is 2.79. The zero-order valence-electron chi connectivity index (χ0n) is 18.1. The van der Waals surface area contributed by atoms with E-state index < -0.39 is 15.3 Å². The largest absolute Gasteiger partial charge is 0.492 e. The minimum Gasteiger partial charge on any atom is -0.492 e. The summed E-state index contributed by atoms with van der Waals surface area (Å²) in [6.45, 7) is 2.36. The SMILES string of the molecule is CCOc1ccccc1NC(=O)C(Sc1ccc(S(=O)(=O)N(C)C)cn1)c1ccccc1. The highest BCUT2D eigenvalue weighted by Gasteiger charge is 2.24. The van der Waals surface area contributed by atoms with E-state index in [1.807, 2.05) is 49.4 Å². The predicted molar refractivity (Wildman–Crippen MR) is 126 cm³/mol. The maximum Gasteiger partial charge on any atom is 0.244 e. The second-order valence-electron chi connectivity index (χ2n) is 6.95. The normalized spacial score (nSPS) is 12.4. The van der Waals surface area contributed by atoms with Gasteiger partial charge in [-0.3, -0.25) is 4.79 Å². The molecule has 0 radical (unpaired) electrons. The van der Waals surface area contributed by atoms with Crippen molar-refractivity contribution >= 4 is 33.4 Å². The minimum absolute atomic E-state index is 0.0956. The number of hydrogen-bond donors (Lipinski definition) is 1. The summed E-state index contributed by atoms with van der Waals surface area (Å²) in [4.78, 5) is 17.6. The lowest BCUT2D eigenvalue weighted by Gasteiger charge is -2.18. The van der Waals surface area contributed by atoms with Crippen molar-refractivity contribution in [3.63, 3.8) is 0 Å². The van der Waals surface area contributed by atoms with Gasteiger partial charge in [0, 0.05) is 20.3 Å². The molecule has 9 heteroatoms. The number of rotatable bonds is 9. The molecule has 0 fully saturated rings. The molecule has 1 heterocycles. The molecular weight excluding hydrogens is 446 g/mol. The lowest BCUT2D eigenvalue weighted by Crippen LogP contribution is -2.22. The molecule has 0 bridgehead atoms. The second-order valence-corrected chi connectivity index (χ2v) is 10.2. The number of ether oxygens (including phenoxy) is 1. The highest BCUT2D eigenvalue weighted by atomic mass is 32.2. The number of nitrogens with one attached hydrogen (secondary N) is 1. The lowest BCUT2D eigenvalue weighted by molar-refractivity contribution is -0.115. The van der Waals surface area contributed by atoms with Gasteiger partial charge >= 0.3 is 0 Å². The molecule has 2 aromatic carbocycles. The maximum atomic E-state index is 13.3. The van der Waals surface area contributed by atoms with E-state index in [-0.39, 0.29) is 10.8 Å². The molecule has 7 nitrogen and oxygen atoms in total. The van der Waals surface area contributed by atoms with E-state index in [2.05, 4.69) is 10.3 Å². The van der Waals surface area contributed by atoms with Gasteiger partial charge in [0.2, 0.25) is 15.9 Å². The summed E-state index contributed by atoms with van der Waals surface area (Å²) in [5, 5.41) is 2.88. The third-order valence-corrected chi connectivity index (χ3v) is 7.52. The molecule has 3 rings (SSSR count). The molecule has 3 aromatic rings. The number of nitrogens with zero attached hydrogens (tertiary/aromatic N) is 2. The summed E-state index contributed by atoms with van der Waals surface area (Å²) in [7, 11) is -0.641. The van der Waals surface area contributed by atoms with Crippen molar-refractivity contribution in [3.05, 3.63) is 78.5 Å². The molecule has 1 atom stereocenters. The molecule has 0 spiro atoms. The predicted octanol–water partition coefficient (Wildman–Crippen LogP) is 4.20. The lowest BCUT2D eigenvalue weighted by atomic mass is 10.1. The van der Waals surface area contributed by atoms with Gasteiger partial charge in [-0.2, -0.15) is 0 Å². The molecule has 1 unspecified atom stereocenters. The summed E-state index contributed by atoms with van der Waals surface area (Å²) >= 11 is 1.24. The standard InChI is InChI=1S/C23H25N3O4S2/c1-4-30-20-13-9-8-12-19(20)25-23(27)22(17-10-6-5-7-11-17)31-21-15-14-18(16-24-21)32(28,29)26(2)3/h5-16,22H,4H2,1-3H3,(H,25,27). The van der Waals surface area contributed by atoms with Crippen LogP contribution >= 0.6 is 11.8 Å². The van der Waals surface area contributed by atoms with Crippen LogP contribution in [0.1, 0.15) is 17.7 Å². The third-order valence-electron chi connectivity index (χ3n) is 4.51. The van der Waals surface area contributed by atoms with Crippen molar-refractivity contribution in [1.82, 2.24) is 9.29 Å². The highest BCUT2D eigenvalue weighted by molar-refractivity contribution is 8.00. The quantitative estimate of drug-likeness (QED) is 0.471. The molecular formula is C23H25N3O4S2. The Balaban J connectivity index is 1.87. The molecule has 32 heavy (non-hydrogen) atoms. The average molecular weight is 472 g/mol. The van der Waals surface area contributed by atoms with Gasteiger partial charge < -0.3 is 10.1 Å². The topological polar surface area (TPSA) is 88.6 Å². The Hall–Kier alpha value is -2.88. The van der Waals surface area contributed by atoms with Gasteiger partial charge in [-0.05, 0) is 36.8 Å². The van der Waals surface area contributed by atoms with Gasteiger partial charge in [-0.15, -0.1) is 0 Å². The van der Waals surface area contributed by atoms with Gasteiger partial charge in [0.15, 0.2) is 0 Å². The molecule has 0 aliphatic carbocycles. The smallest absolute Gasteiger partial charge is 0.244 e. The molecule has 1 N–H and O–H groups in total. The van der Waals surface area contributed by atoms with Crippen LogP contribution in [0.3, 0.4) is 0 Å². The highest BCUT2D eigenvalue weighted by Crippen LogP contribution is 2.36. The van der Waals surface area contributed by atoms with Crippen LogP contribution < -0.4 is 10.1 Å². The number of hydrogen-bond acceptors (Lipinski definition) is 6. The van der Waals surface area contributed by atoms with Crippen LogP contribution in [0.4, 0.5) is 5.69 Å². The van der Waals surface area contributed by atoms with E-state index in [9.17, 15) is 13.2 Å². The number of amides is 1. The van der Waals surface area contributed by atoms with E-state index in [1.54, 1.807) is 18.2 Å². The molecule has 1 amide bonds. The Labute approximate surface area is 192 Å². The zero-order chi connectivity index (χ0) is 23.1. The summed E-state index contributed by atoms with van der Waals surface area (Å²) in [5.74, 6) is 0.358. The van der Waals surface area contributed by atoms with Crippen LogP contribution in [-0.4, -0.2) is 44.3 Å².